The molecule has 1 aromatic carbocycles. The van der Waals surface area contributed by atoms with Gasteiger partial charge in [-0.25, -0.2) is 0 Å². The predicted molar refractivity (Wildman–Crippen MR) is 65.2 cm³/mol. The summed E-state index contributed by atoms with van der Waals surface area (Å²) in [5.74, 6) is 0. The molecule has 0 saturated heterocycles. The fourth-order valence-electron chi connectivity index (χ4n) is 1.98. The molecule has 0 bridgehead atoms. The fourth-order valence-corrected chi connectivity index (χ4v) is 1.98. The molecule has 0 radical (unpaired) electrons. The van der Waals surface area contributed by atoms with Gasteiger partial charge in [0.05, 0.1) is 11.3 Å². The van der Waals surface area contributed by atoms with E-state index >= 15 is 0 Å². The van der Waals surface area contributed by atoms with Crippen molar-refractivity contribution in [1.82, 2.24) is 0 Å². The van der Waals surface area contributed by atoms with E-state index in [1.165, 1.54) is 6.42 Å². The van der Waals surface area contributed by atoms with E-state index in [2.05, 4.69) is 11.4 Å². The SMILES string of the molecule is Cc1ccc(NCC2(N)CCC2)c(C#N)c1. The number of rotatable bonds is 3. The minimum atomic E-state index is -0.0579. The van der Waals surface area contributed by atoms with Crippen molar-refractivity contribution < 1.29 is 0 Å². The van der Waals surface area contributed by atoms with Gasteiger partial charge in [-0.15, -0.1) is 0 Å². The number of benzene rings is 1. The van der Waals surface area contributed by atoms with Crippen LogP contribution in [0.4, 0.5) is 5.69 Å². The number of aryl methyl sites for hydroxylation is 1. The molecule has 1 aliphatic carbocycles. The van der Waals surface area contributed by atoms with Gasteiger partial charge in [0.1, 0.15) is 6.07 Å². The van der Waals surface area contributed by atoms with E-state index in [1.54, 1.807) is 0 Å². The van der Waals surface area contributed by atoms with Crippen molar-refractivity contribution in [3.63, 3.8) is 0 Å². The van der Waals surface area contributed by atoms with Crippen molar-refractivity contribution in [3.05, 3.63) is 29.3 Å². The molecule has 3 nitrogen and oxygen atoms in total. The molecule has 1 fully saturated rings. The van der Waals surface area contributed by atoms with Gasteiger partial charge in [-0.3, -0.25) is 0 Å². The summed E-state index contributed by atoms with van der Waals surface area (Å²) in [7, 11) is 0. The number of anilines is 1. The van der Waals surface area contributed by atoms with Gasteiger partial charge in [-0.1, -0.05) is 6.07 Å². The van der Waals surface area contributed by atoms with Crippen molar-refractivity contribution in [2.24, 2.45) is 5.73 Å². The van der Waals surface area contributed by atoms with E-state index in [9.17, 15) is 0 Å². The second-order valence-electron chi connectivity index (χ2n) is 4.73. The van der Waals surface area contributed by atoms with Crippen LogP contribution < -0.4 is 11.1 Å². The molecule has 0 spiro atoms. The smallest absolute Gasteiger partial charge is 0.101 e. The minimum absolute atomic E-state index is 0.0579. The van der Waals surface area contributed by atoms with Crippen molar-refractivity contribution in [2.45, 2.75) is 31.7 Å². The molecule has 16 heavy (non-hydrogen) atoms. The Balaban J connectivity index is 2.07. The zero-order valence-corrected chi connectivity index (χ0v) is 9.59. The lowest BCUT2D eigenvalue weighted by Crippen LogP contribution is -2.52. The normalized spacial score (nSPS) is 17.3. The molecule has 84 valence electrons. The molecule has 3 N–H and O–H groups in total. The van der Waals surface area contributed by atoms with Crippen LogP contribution in [0.25, 0.3) is 0 Å². The summed E-state index contributed by atoms with van der Waals surface area (Å²) in [6.45, 7) is 2.74. The summed E-state index contributed by atoms with van der Waals surface area (Å²) in [6, 6.07) is 8.06. The summed E-state index contributed by atoms with van der Waals surface area (Å²) >= 11 is 0. The summed E-state index contributed by atoms with van der Waals surface area (Å²) in [4.78, 5) is 0. The van der Waals surface area contributed by atoms with Gasteiger partial charge >= 0.3 is 0 Å². The van der Waals surface area contributed by atoms with Gasteiger partial charge in [0.15, 0.2) is 0 Å². The van der Waals surface area contributed by atoms with Crippen molar-refractivity contribution in [3.8, 4) is 6.07 Å². The van der Waals surface area contributed by atoms with E-state index < -0.39 is 0 Å². The summed E-state index contributed by atoms with van der Waals surface area (Å²) in [6.07, 6.45) is 3.37. The molecule has 1 aliphatic rings. The van der Waals surface area contributed by atoms with E-state index in [0.29, 0.717) is 5.56 Å². The van der Waals surface area contributed by atoms with Crippen molar-refractivity contribution >= 4 is 5.69 Å². The quantitative estimate of drug-likeness (QED) is 0.812. The first-order valence-electron chi connectivity index (χ1n) is 5.66. The Hall–Kier alpha value is -1.53. The zero-order chi connectivity index (χ0) is 11.6. The Morgan fingerprint density at radius 1 is 1.50 bits per heavy atom. The van der Waals surface area contributed by atoms with Crippen LogP contribution in [0.3, 0.4) is 0 Å². The maximum Gasteiger partial charge on any atom is 0.101 e. The predicted octanol–water partition coefficient (Wildman–Crippen LogP) is 2.16. The van der Waals surface area contributed by atoms with E-state index in [0.717, 1.165) is 30.6 Å². The van der Waals surface area contributed by atoms with Crippen LogP contribution in [0, 0.1) is 18.3 Å². The fraction of sp³-hybridized carbons (Fsp3) is 0.462. The maximum atomic E-state index is 9.02. The third-order valence-corrected chi connectivity index (χ3v) is 3.28. The Morgan fingerprint density at radius 3 is 2.81 bits per heavy atom. The van der Waals surface area contributed by atoms with Crippen LogP contribution in [0.5, 0.6) is 0 Å². The highest BCUT2D eigenvalue weighted by Gasteiger charge is 2.32. The Bertz CT molecular complexity index is 427. The highest BCUT2D eigenvalue weighted by atomic mass is 15.0. The first kappa shape index (κ1) is 11.0. The van der Waals surface area contributed by atoms with Crippen molar-refractivity contribution in [2.75, 3.05) is 11.9 Å². The number of nitriles is 1. The molecule has 3 heteroatoms. The number of nitrogens with one attached hydrogen (secondary N) is 1. The van der Waals surface area contributed by atoms with Crippen LogP contribution in [0.1, 0.15) is 30.4 Å². The molecular formula is C13H17N3. The van der Waals surface area contributed by atoms with Crippen LogP contribution in [0.2, 0.25) is 0 Å². The lowest BCUT2D eigenvalue weighted by Gasteiger charge is -2.38. The average molecular weight is 215 g/mol. The van der Waals surface area contributed by atoms with E-state index in [4.69, 9.17) is 11.0 Å². The highest BCUT2D eigenvalue weighted by Crippen LogP contribution is 2.29. The summed E-state index contributed by atoms with van der Waals surface area (Å²) in [5, 5.41) is 12.3. The molecule has 2 rings (SSSR count). The van der Waals surface area contributed by atoms with E-state index in [1.807, 2.05) is 25.1 Å². The van der Waals surface area contributed by atoms with Crippen molar-refractivity contribution in [1.29, 1.82) is 5.26 Å². The first-order valence-corrected chi connectivity index (χ1v) is 5.66. The lowest BCUT2D eigenvalue weighted by molar-refractivity contribution is 0.265. The average Bonchev–Trinajstić information content (AvgIpc) is 2.24. The van der Waals surface area contributed by atoms with Crippen LogP contribution in [-0.2, 0) is 0 Å². The number of nitrogens with two attached hydrogens (primary N) is 1. The monoisotopic (exact) mass is 215 g/mol. The third-order valence-electron chi connectivity index (χ3n) is 3.28. The molecular weight excluding hydrogens is 198 g/mol. The standard InChI is InChI=1S/C13H17N3/c1-10-3-4-12(11(7-10)8-14)16-9-13(15)5-2-6-13/h3-4,7,16H,2,5-6,9,15H2,1H3. The second kappa shape index (κ2) is 4.15. The second-order valence-corrected chi connectivity index (χ2v) is 4.73. The first-order chi connectivity index (χ1) is 7.63. The Kier molecular flexibility index (Phi) is 2.84. The largest absolute Gasteiger partial charge is 0.382 e. The Labute approximate surface area is 96.3 Å². The van der Waals surface area contributed by atoms with Gasteiger partial charge < -0.3 is 11.1 Å². The molecule has 0 unspecified atom stereocenters. The lowest BCUT2D eigenvalue weighted by atomic mass is 9.78. The molecule has 1 saturated carbocycles. The Morgan fingerprint density at radius 2 is 2.25 bits per heavy atom. The molecule has 0 heterocycles. The molecule has 0 atom stereocenters. The molecule has 0 amide bonds. The highest BCUT2D eigenvalue weighted by molar-refractivity contribution is 5.58. The van der Waals surface area contributed by atoms with Gasteiger partial charge in [0.25, 0.3) is 0 Å². The minimum Gasteiger partial charge on any atom is -0.382 e. The van der Waals surface area contributed by atoms with E-state index in [-0.39, 0.29) is 5.54 Å². The molecule has 0 aromatic heterocycles. The topological polar surface area (TPSA) is 61.8 Å². The number of nitrogens with zero attached hydrogens (tertiary/aromatic N) is 1. The number of hydrogen-bond acceptors (Lipinski definition) is 3. The van der Waals surface area contributed by atoms with Crippen LogP contribution >= 0.6 is 0 Å². The third kappa shape index (κ3) is 2.17. The summed E-state index contributed by atoms with van der Waals surface area (Å²) < 4.78 is 0. The van der Waals surface area contributed by atoms with Gasteiger partial charge in [0.2, 0.25) is 0 Å². The molecule has 0 aliphatic heterocycles. The maximum absolute atomic E-state index is 9.02. The molecule has 1 aromatic rings. The van der Waals surface area contributed by atoms with Gasteiger partial charge in [-0.2, -0.15) is 5.26 Å². The van der Waals surface area contributed by atoms with Crippen LogP contribution in [0.15, 0.2) is 18.2 Å². The van der Waals surface area contributed by atoms with Crippen LogP contribution in [-0.4, -0.2) is 12.1 Å². The van der Waals surface area contributed by atoms with Gasteiger partial charge in [0, 0.05) is 12.1 Å². The number of hydrogen-bond donors (Lipinski definition) is 2. The van der Waals surface area contributed by atoms with Gasteiger partial charge in [-0.05, 0) is 43.9 Å². The zero-order valence-electron chi connectivity index (χ0n) is 9.59. The summed E-state index contributed by atoms with van der Waals surface area (Å²) in [5.41, 5.74) is 8.76.